The van der Waals surface area contributed by atoms with Crippen molar-refractivity contribution >= 4 is 35.3 Å². The van der Waals surface area contributed by atoms with Crippen molar-refractivity contribution in [3.8, 4) is 0 Å². The molecule has 2 aliphatic rings. The molecule has 0 aromatic heterocycles. The molecule has 0 heterocycles. The van der Waals surface area contributed by atoms with Gasteiger partial charge in [0.15, 0.2) is 0 Å². The first-order valence-corrected chi connectivity index (χ1v) is 34.6. The number of benzene rings is 2. The summed E-state index contributed by atoms with van der Waals surface area (Å²) < 4.78 is 0.511. The van der Waals surface area contributed by atoms with Crippen molar-refractivity contribution in [3.63, 3.8) is 0 Å². The molecule has 0 N–H and O–H groups in total. The van der Waals surface area contributed by atoms with Gasteiger partial charge in [0.05, 0.1) is 0 Å². The Morgan fingerprint density at radius 2 is 1.12 bits per heavy atom. The van der Waals surface area contributed by atoms with Crippen LogP contribution in [0.4, 0.5) is 0 Å². The third-order valence-electron chi connectivity index (χ3n) is 7.88. The minimum absolute atomic E-state index is 0.255. The Kier molecular flexibility index (Phi) is 7.47. The number of unbranched alkanes of at least 4 members (excludes halogenated alkanes) is 2. The van der Waals surface area contributed by atoms with E-state index in [1.807, 2.05) is 0 Å². The summed E-state index contributed by atoms with van der Waals surface area (Å²) in [6.45, 7) is 9.46. The number of fused-ring (bicyclic) bond motifs is 2. The van der Waals surface area contributed by atoms with E-state index in [0.29, 0.717) is 0 Å². The van der Waals surface area contributed by atoms with Gasteiger partial charge in [-0.1, -0.05) is 0 Å². The van der Waals surface area contributed by atoms with Crippen LogP contribution < -0.4 is 0 Å². The summed E-state index contributed by atoms with van der Waals surface area (Å²) in [6.07, 6.45) is 11.9. The predicted molar refractivity (Wildman–Crippen MR) is 144 cm³/mol. The molecule has 2 atom stereocenters. The zero-order chi connectivity index (χ0) is 23.0. The number of allylic oxidation sites excluding steroid dienone is 2. The van der Waals surface area contributed by atoms with E-state index in [2.05, 4.69) is 87.6 Å². The van der Waals surface area contributed by atoms with Crippen LogP contribution in [-0.2, 0) is 15.3 Å². The molecule has 0 saturated carbocycles. The molecule has 2 aromatic carbocycles. The maximum atomic E-state index is 8.31. The number of hydrogen-bond donors (Lipinski definition) is 0. The fourth-order valence-corrected chi connectivity index (χ4v) is 50.8. The van der Waals surface area contributed by atoms with Gasteiger partial charge < -0.3 is 0 Å². The molecule has 32 heavy (non-hydrogen) atoms. The summed E-state index contributed by atoms with van der Waals surface area (Å²) in [4.78, 5) is 0. The fraction of sp³-hybridized carbons (Fsp3) is 0.429. The van der Waals surface area contributed by atoms with Gasteiger partial charge >= 0.3 is 205 Å². The van der Waals surface area contributed by atoms with Gasteiger partial charge in [-0.15, -0.1) is 0 Å². The molecular weight excluding hydrogens is 614 g/mol. The Balaban J connectivity index is 1.93. The second-order valence-electron chi connectivity index (χ2n) is 10.2. The van der Waals surface area contributed by atoms with Crippen molar-refractivity contribution in [1.82, 2.24) is 0 Å². The number of rotatable bonds is 9. The molecule has 0 bridgehead atoms. The van der Waals surface area contributed by atoms with Crippen LogP contribution in [0.2, 0.25) is 13.1 Å². The third-order valence-corrected chi connectivity index (χ3v) is 80.7. The standard InChI is InChI=1S/2C13H15.C2H7Si.2ClH.Hf/c2*1-2-3-6-11-9-12-7-4-5-8-13(12)10-11;1-3-2;;;/h2*4-5,7-10H,2-3,6H2,1H3;3H,1-2H3;2*1H;/q;;;;;+2/p-2. The van der Waals surface area contributed by atoms with Crippen molar-refractivity contribution in [2.24, 2.45) is 0 Å². The first kappa shape index (κ1) is 24.7. The second-order valence-corrected chi connectivity index (χ2v) is 69.4. The van der Waals surface area contributed by atoms with Gasteiger partial charge in [-0.3, -0.25) is 0 Å². The van der Waals surface area contributed by atoms with E-state index < -0.39 is 21.3 Å². The number of hydrogen-bond acceptors (Lipinski definition) is 0. The van der Waals surface area contributed by atoms with Gasteiger partial charge in [0, 0.05) is 0 Å². The first-order valence-electron chi connectivity index (χ1n) is 12.5. The molecule has 0 amide bonds. The normalized spacial score (nSPS) is 21.0. The van der Waals surface area contributed by atoms with Gasteiger partial charge in [0.2, 0.25) is 0 Å². The summed E-state index contributed by atoms with van der Waals surface area (Å²) in [6, 6.07) is 17.9. The van der Waals surface area contributed by atoms with Crippen molar-refractivity contribution in [3.05, 3.63) is 81.9 Å². The third kappa shape index (κ3) is 4.02. The molecule has 0 aliphatic heterocycles. The van der Waals surface area contributed by atoms with Crippen LogP contribution in [0.25, 0.3) is 12.2 Å². The van der Waals surface area contributed by atoms with Gasteiger partial charge in [0.1, 0.15) is 0 Å². The molecule has 4 rings (SSSR count). The van der Waals surface area contributed by atoms with Gasteiger partial charge in [0.25, 0.3) is 0 Å². The summed E-state index contributed by atoms with van der Waals surface area (Å²) >= 11 is -4.61. The Bertz CT molecular complexity index is 975. The van der Waals surface area contributed by atoms with Crippen molar-refractivity contribution in [1.29, 1.82) is 0 Å². The molecule has 0 radical (unpaired) electrons. The van der Waals surface area contributed by atoms with Gasteiger partial charge in [-0.2, -0.15) is 0 Å². The van der Waals surface area contributed by atoms with Crippen molar-refractivity contribution < 1.29 is 15.3 Å². The quantitative estimate of drug-likeness (QED) is 0.237. The molecule has 4 heteroatoms. The monoisotopic (exact) mass is 651 g/mol. The molecule has 171 valence electrons. The molecule has 2 unspecified atom stereocenters. The van der Waals surface area contributed by atoms with E-state index >= 15 is 0 Å². The van der Waals surface area contributed by atoms with Crippen LogP contribution in [0.5, 0.6) is 0 Å². The fourth-order valence-electron chi connectivity index (χ4n) is 6.11. The Morgan fingerprint density at radius 3 is 1.50 bits per heavy atom. The topological polar surface area (TPSA) is 0 Å². The van der Waals surface area contributed by atoms with E-state index in [9.17, 15) is 0 Å². The molecule has 0 nitrogen and oxygen atoms in total. The van der Waals surface area contributed by atoms with E-state index in [0.717, 1.165) is 12.8 Å². The molecular formula is C28H37Cl2HfSi. The van der Waals surface area contributed by atoms with Crippen LogP contribution in [0.3, 0.4) is 0 Å². The minimum atomic E-state index is -4.61. The zero-order valence-corrected chi connectivity index (χ0v) is 26.3. The van der Waals surface area contributed by atoms with Crippen LogP contribution >= 0.6 is 17.2 Å². The zero-order valence-electron chi connectivity index (χ0n) is 20.0. The van der Waals surface area contributed by atoms with E-state index in [1.165, 1.54) is 59.1 Å². The van der Waals surface area contributed by atoms with E-state index in [4.69, 9.17) is 17.2 Å². The Morgan fingerprint density at radius 1 is 0.719 bits per heavy atom. The average Bonchev–Trinajstić information content (AvgIpc) is 3.35. The van der Waals surface area contributed by atoms with E-state index in [-0.39, 0.29) is 7.35 Å². The van der Waals surface area contributed by atoms with Crippen LogP contribution in [0.1, 0.15) is 82.0 Å². The second kappa shape index (κ2) is 9.68. The first-order chi connectivity index (χ1) is 15.3. The Labute approximate surface area is 204 Å². The molecule has 0 spiro atoms. The van der Waals surface area contributed by atoms with Crippen LogP contribution in [-0.4, -0.2) is 5.98 Å². The molecule has 2 aromatic rings. The van der Waals surface area contributed by atoms with Gasteiger partial charge in [-0.05, 0) is 0 Å². The summed E-state index contributed by atoms with van der Waals surface area (Å²) in [5, 5.41) is 0. The summed E-state index contributed by atoms with van der Waals surface area (Å²) in [7, 11) is 16.6. The van der Waals surface area contributed by atoms with Gasteiger partial charge in [-0.25, -0.2) is 0 Å². The maximum absolute atomic E-state index is 8.31. The number of halogens is 2. The van der Waals surface area contributed by atoms with Crippen LogP contribution in [0.15, 0.2) is 59.7 Å². The summed E-state index contributed by atoms with van der Waals surface area (Å²) in [5.41, 5.74) is 8.59. The molecule has 0 saturated heterocycles. The predicted octanol–water partition coefficient (Wildman–Crippen LogP) is 9.62. The average molecular weight is 651 g/mol. The van der Waals surface area contributed by atoms with E-state index in [1.54, 1.807) is 0 Å². The molecule has 2 aliphatic carbocycles. The summed E-state index contributed by atoms with van der Waals surface area (Å²) in [5.74, 6) is -1.42. The molecule has 0 fully saturated rings. The van der Waals surface area contributed by atoms with Crippen molar-refractivity contribution in [2.75, 3.05) is 0 Å². The Hall–Kier alpha value is -0.413. The van der Waals surface area contributed by atoms with Crippen molar-refractivity contribution in [2.45, 2.75) is 72.8 Å². The van der Waals surface area contributed by atoms with Crippen LogP contribution in [0, 0.1) is 0 Å². The SMILES string of the molecule is CCCCC1=Cc2ccccc2[CH]1[Hf]([Cl])([Cl])([CH]1C(CCCC)=Cc2ccccc21)[SiH](C)C.